The van der Waals surface area contributed by atoms with Crippen molar-refractivity contribution in [1.29, 1.82) is 0 Å². The molecule has 5 nitrogen and oxygen atoms in total. The number of rotatable bonds is 5. The Morgan fingerprint density at radius 2 is 2.04 bits per heavy atom. The molecule has 132 valence electrons. The lowest BCUT2D eigenvalue weighted by atomic mass is 9.96. The van der Waals surface area contributed by atoms with Crippen molar-refractivity contribution < 1.29 is 12.8 Å². The molecule has 2 N–H and O–H groups in total. The molecule has 1 aromatic carbocycles. The second-order valence-corrected chi connectivity index (χ2v) is 8.96. The van der Waals surface area contributed by atoms with Gasteiger partial charge in [-0.15, -0.1) is 0 Å². The van der Waals surface area contributed by atoms with Gasteiger partial charge in [-0.05, 0) is 43.9 Å². The molecule has 1 heterocycles. The van der Waals surface area contributed by atoms with Crippen molar-refractivity contribution in [3.8, 4) is 0 Å². The number of nitrogens with zero attached hydrogens (tertiary/aromatic N) is 1. The Balaban J connectivity index is 1.66. The van der Waals surface area contributed by atoms with Crippen LogP contribution >= 0.6 is 0 Å². The number of aliphatic imine (C=N–C) groups is 1. The average molecular weight is 353 g/mol. The molecule has 1 saturated heterocycles. The van der Waals surface area contributed by atoms with Gasteiger partial charge in [-0.1, -0.05) is 12.1 Å². The van der Waals surface area contributed by atoms with E-state index in [2.05, 4.69) is 15.6 Å². The van der Waals surface area contributed by atoms with Crippen LogP contribution in [0.25, 0.3) is 0 Å². The second kappa shape index (κ2) is 6.70. The third-order valence-electron chi connectivity index (χ3n) is 4.77. The monoisotopic (exact) mass is 353 g/mol. The highest BCUT2D eigenvalue weighted by Gasteiger charge is 2.44. The molecule has 1 saturated carbocycles. The van der Waals surface area contributed by atoms with Crippen LogP contribution in [-0.4, -0.2) is 45.0 Å². The molecule has 0 spiro atoms. The Hall–Kier alpha value is -1.63. The first-order valence-corrected chi connectivity index (χ1v) is 10.3. The van der Waals surface area contributed by atoms with Crippen molar-refractivity contribution >= 4 is 15.8 Å². The van der Waals surface area contributed by atoms with Crippen LogP contribution in [0.4, 0.5) is 4.39 Å². The van der Waals surface area contributed by atoms with Crippen LogP contribution in [0.3, 0.4) is 0 Å². The van der Waals surface area contributed by atoms with Gasteiger partial charge in [-0.2, -0.15) is 0 Å². The van der Waals surface area contributed by atoms with E-state index >= 15 is 0 Å². The van der Waals surface area contributed by atoms with E-state index < -0.39 is 9.84 Å². The minimum Gasteiger partial charge on any atom is -0.357 e. The summed E-state index contributed by atoms with van der Waals surface area (Å²) in [5.74, 6) is 0.841. The van der Waals surface area contributed by atoms with Crippen LogP contribution in [0.15, 0.2) is 29.3 Å². The van der Waals surface area contributed by atoms with Crippen molar-refractivity contribution in [1.82, 2.24) is 10.6 Å². The number of sulfone groups is 1. The van der Waals surface area contributed by atoms with Gasteiger partial charge in [0.15, 0.2) is 15.8 Å². The van der Waals surface area contributed by atoms with Crippen molar-refractivity contribution in [2.75, 3.05) is 24.6 Å². The van der Waals surface area contributed by atoms with E-state index in [4.69, 9.17) is 0 Å². The van der Waals surface area contributed by atoms with Gasteiger partial charge in [-0.25, -0.2) is 12.8 Å². The molecule has 2 fully saturated rings. The molecule has 7 heteroatoms. The van der Waals surface area contributed by atoms with Crippen LogP contribution in [-0.2, 0) is 15.3 Å². The molecule has 1 aromatic rings. The highest BCUT2D eigenvalue weighted by Crippen LogP contribution is 2.48. The molecular formula is C17H24FN3O2S. The van der Waals surface area contributed by atoms with Gasteiger partial charge >= 0.3 is 0 Å². The van der Waals surface area contributed by atoms with Gasteiger partial charge in [0.25, 0.3) is 0 Å². The smallest absolute Gasteiger partial charge is 0.191 e. The number of nitrogens with one attached hydrogen (secondary N) is 2. The van der Waals surface area contributed by atoms with Gasteiger partial charge in [0.05, 0.1) is 18.1 Å². The Bertz CT molecular complexity index is 712. The number of hydrogen-bond acceptors (Lipinski definition) is 3. The zero-order valence-corrected chi connectivity index (χ0v) is 14.7. The lowest BCUT2D eigenvalue weighted by Gasteiger charge is -2.18. The largest absolute Gasteiger partial charge is 0.357 e. The van der Waals surface area contributed by atoms with Gasteiger partial charge < -0.3 is 10.6 Å². The van der Waals surface area contributed by atoms with Crippen molar-refractivity contribution in [2.24, 2.45) is 4.99 Å². The molecule has 0 bridgehead atoms. The van der Waals surface area contributed by atoms with E-state index in [-0.39, 0.29) is 28.8 Å². The van der Waals surface area contributed by atoms with Crippen LogP contribution < -0.4 is 10.6 Å². The first-order chi connectivity index (χ1) is 11.4. The summed E-state index contributed by atoms with van der Waals surface area (Å²) in [7, 11) is -2.91. The topological polar surface area (TPSA) is 70.6 Å². The molecular weight excluding hydrogens is 329 g/mol. The van der Waals surface area contributed by atoms with Gasteiger partial charge in [-0.3, -0.25) is 4.99 Å². The maximum Gasteiger partial charge on any atom is 0.191 e. The minimum atomic E-state index is -2.91. The molecule has 24 heavy (non-hydrogen) atoms. The molecule has 1 aliphatic heterocycles. The van der Waals surface area contributed by atoms with Crippen LogP contribution in [0.1, 0.15) is 31.7 Å². The lowest BCUT2D eigenvalue weighted by molar-refractivity contribution is 0.599. The molecule has 1 aliphatic carbocycles. The second-order valence-electron chi connectivity index (χ2n) is 6.73. The summed E-state index contributed by atoms with van der Waals surface area (Å²) in [5.41, 5.74) is 1.12. The highest BCUT2D eigenvalue weighted by atomic mass is 32.2. The third kappa shape index (κ3) is 4.06. The summed E-state index contributed by atoms with van der Waals surface area (Å²) in [6.07, 6.45) is 2.70. The third-order valence-corrected chi connectivity index (χ3v) is 6.54. The molecule has 0 radical (unpaired) electrons. The van der Waals surface area contributed by atoms with Gasteiger partial charge in [0.2, 0.25) is 0 Å². The van der Waals surface area contributed by atoms with Crippen LogP contribution in [0, 0.1) is 5.82 Å². The Morgan fingerprint density at radius 3 is 2.58 bits per heavy atom. The number of halogens is 1. The van der Waals surface area contributed by atoms with Crippen LogP contribution in [0.2, 0.25) is 0 Å². The summed E-state index contributed by atoms with van der Waals surface area (Å²) in [6.45, 7) is 3.32. The predicted molar refractivity (Wildman–Crippen MR) is 93.5 cm³/mol. The SMILES string of the molecule is CCNC(=NCC1(c2ccc(F)cc2)CC1)NC1CCS(=O)(=O)C1. The van der Waals surface area contributed by atoms with E-state index in [0.717, 1.165) is 24.9 Å². The molecule has 2 aliphatic rings. The zero-order valence-electron chi connectivity index (χ0n) is 13.9. The number of guanidine groups is 1. The normalized spacial score (nSPS) is 24.6. The van der Waals surface area contributed by atoms with Crippen molar-refractivity contribution in [3.63, 3.8) is 0 Å². The Morgan fingerprint density at radius 1 is 1.33 bits per heavy atom. The quantitative estimate of drug-likeness (QED) is 0.623. The van der Waals surface area contributed by atoms with Crippen molar-refractivity contribution in [2.45, 2.75) is 37.6 Å². The van der Waals surface area contributed by atoms with E-state index in [1.165, 1.54) is 12.1 Å². The summed E-state index contributed by atoms with van der Waals surface area (Å²) in [4.78, 5) is 4.66. The molecule has 3 rings (SSSR count). The number of hydrogen-bond donors (Lipinski definition) is 2. The Labute approximate surface area is 142 Å². The summed E-state index contributed by atoms with van der Waals surface area (Å²) in [5, 5.41) is 6.42. The first-order valence-electron chi connectivity index (χ1n) is 8.44. The summed E-state index contributed by atoms with van der Waals surface area (Å²) < 4.78 is 36.3. The predicted octanol–water partition coefficient (Wildman–Crippen LogP) is 1.60. The Kier molecular flexibility index (Phi) is 4.80. The molecule has 0 amide bonds. The van der Waals surface area contributed by atoms with Crippen LogP contribution in [0.5, 0.6) is 0 Å². The van der Waals surface area contributed by atoms with Gasteiger partial charge in [0.1, 0.15) is 5.82 Å². The van der Waals surface area contributed by atoms with E-state index in [0.29, 0.717) is 18.9 Å². The maximum atomic E-state index is 13.1. The fourth-order valence-corrected chi connectivity index (χ4v) is 4.82. The zero-order chi connectivity index (χ0) is 17.2. The fourth-order valence-electron chi connectivity index (χ4n) is 3.15. The van der Waals surface area contributed by atoms with Crippen molar-refractivity contribution in [3.05, 3.63) is 35.6 Å². The van der Waals surface area contributed by atoms with Gasteiger partial charge in [0, 0.05) is 18.0 Å². The lowest BCUT2D eigenvalue weighted by Crippen LogP contribution is -2.44. The average Bonchev–Trinajstić information content (AvgIpc) is 3.25. The fraction of sp³-hybridized carbons (Fsp3) is 0.588. The van der Waals surface area contributed by atoms with E-state index in [1.807, 2.05) is 19.1 Å². The van der Waals surface area contributed by atoms with E-state index in [9.17, 15) is 12.8 Å². The molecule has 0 aromatic heterocycles. The standard InChI is InChI=1S/C17H24FN3O2S/c1-2-19-16(21-15-7-10-24(22,23)11-15)20-12-17(8-9-17)13-3-5-14(18)6-4-13/h3-6,15H,2,7-12H2,1H3,(H2,19,20,21). The molecule has 1 atom stereocenters. The number of benzene rings is 1. The molecule has 1 unspecified atom stereocenters. The first kappa shape index (κ1) is 17.2. The highest BCUT2D eigenvalue weighted by molar-refractivity contribution is 7.91. The summed E-state index contributed by atoms with van der Waals surface area (Å²) in [6, 6.07) is 6.58. The minimum absolute atomic E-state index is 0.00218. The summed E-state index contributed by atoms with van der Waals surface area (Å²) >= 11 is 0. The maximum absolute atomic E-state index is 13.1. The van der Waals surface area contributed by atoms with E-state index in [1.54, 1.807) is 0 Å².